The van der Waals surface area contributed by atoms with Gasteiger partial charge in [0.1, 0.15) is 17.7 Å². The van der Waals surface area contributed by atoms with Crippen LogP contribution in [0.15, 0.2) is 23.3 Å². The minimum Gasteiger partial charge on any atom is -0.192 e. The van der Waals surface area contributed by atoms with Gasteiger partial charge in [0, 0.05) is 0 Å². The van der Waals surface area contributed by atoms with Crippen LogP contribution in [0.3, 0.4) is 0 Å². The maximum absolute atomic E-state index is 8.47. The summed E-state index contributed by atoms with van der Waals surface area (Å²) in [6.07, 6.45) is 5.46. The van der Waals surface area contributed by atoms with Crippen molar-refractivity contribution in [1.29, 1.82) is 10.5 Å². The molecule has 0 bridgehead atoms. The van der Waals surface area contributed by atoms with Gasteiger partial charge in [-0.05, 0) is 18.9 Å². The number of rotatable bonds is 3. The molecule has 0 heterocycles. The lowest BCUT2D eigenvalue weighted by molar-refractivity contribution is 1.10. The minimum atomic E-state index is 0.177. The van der Waals surface area contributed by atoms with E-state index in [0.29, 0.717) is 0 Å². The molecule has 0 radical (unpaired) electrons. The van der Waals surface area contributed by atoms with Crippen LogP contribution in [0, 0.1) is 22.7 Å². The highest BCUT2D eigenvalue weighted by Crippen LogP contribution is 2.06. The van der Waals surface area contributed by atoms with Crippen molar-refractivity contribution in [3.05, 3.63) is 23.3 Å². The van der Waals surface area contributed by atoms with Gasteiger partial charge in [0.15, 0.2) is 0 Å². The van der Waals surface area contributed by atoms with Crippen LogP contribution in [0.25, 0.3) is 0 Å². The molecule has 0 rings (SSSR count). The Kier molecular flexibility index (Phi) is 5.39. The molecular formula is C10H12N2. The molecule has 0 saturated heterocycles. The zero-order chi connectivity index (χ0) is 9.40. The Balaban J connectivity index is 4.61. The number of nitriles is 2. The van der Waals surface area contributed by atoms with Gasteiger partial charge in [-0.3, -0.25) is 0 Å². The fraction of sp³-hybridized carbons (Fsp3) is 0.400. The van der Waals surface area contributed by atoms with E-state index >= 15 is 0 Å². The maximum atomic E-state index is 8.47. The molecule has 0 aliphatic rings. The topological polar surface area (TPSA) is 47.6 Å². The number of nitrogens with zero attached hydrogens (tertiary/aromatic N) is 2. The Morgan fingerprint density at radius 2 is 1.83 bits per heavy atom. The van der Waals surface area contributed by atoms with Gasteiger partial charge in [-0.15, -0.1) is 0 Å². The molecule has 2 nitrogen and oxygen atoms in total. The van der Waals surface area contributed by atoms with Gasteiger partial charge in [0.05, 0.1) is 0 Å². The van der Waals surface area contributed by atoms with Crippen LogP contribution in [0.4, 0.5) is 0 Å². The third kappa shape index (κ3) is 3.58. The highest BCUT2D eigenvalue weighted by molar-refractivity contribution is 5.41. The maximum Gasteiger partial charge on any atom is 0.129 e. The standard InChI is InChI=1S/C10H12N2/c1-3-5-9(4-2)6-10(7-11)8-12/h5-6H,3-4H2,1-2H3/b9-5+. The largest absolute Gasteiger partial charge is 0.192 e. The molecule has 62 valence electrons. The fourth-order valence-electron chi connectivity index (χ4n) is 0.842. The van der Waals surface area contributed by atoms with E-state index in [1.165, 1.54) is 0 Å². The number of allylic oxidation sites excluding steroid dienone is 4. The summed E-state index contributed by atoms with van der Waals surface area (Å²) in [6, 6.07) is 3.67. The van der Waals surface area contributed by atoms with Gasteiger partial charge in [0.25, 0.3) is 0 Å². The molecule has 0 atom stereocenters. The lowest BCUT2D eigenvalue weighted by atomic mass is 10.1. The van der Waals surface area contributed by atoms with E-state index in [9.17, 15) is 0 Å². The quantitative estimate of drug-likeness (QED) is 0.470. The molecule has 0 fully saturated rings. The second-order valence-electron chi connectivity index (χ2n) is 2.32. The summed E-state index contributed by atoms with van der Waals surface area (Å²) in [4.78, 5) is 0. The Morgan fingerprint density at radius 3 is 2.17 bits per heavy atom. The van der Waals surface area contributed by atoms with E-state index in [1.807, 2.05) is 32.1 Å². The van der Waals surface area contributed by atoms with E-state index in [4.69, 9.17) is 10.5 Å². The summed E-state index contributed by atoms with van der Waals surface area (Å²) in [6.45, 7) is 4.03. The molecule has 0 aromatic rings. The van der Waals surface area contributed by atoms with Crippen molar-refractivity contribution >= 4 is 0 Å². The summed E-state index contributed by atoms with van der Waals surface area (Å²) < 4.78 is 0. The molecule has 0 aromatic heterocycles. The minimum absolute atomic E-state index is 0.177. The highest BCUT2D eigenvalue weighted by Gasteiger charge is 1.93. The fourth-order valence-corrected chi connectivity index (χ4v) is 0.842. The molecule has 0 amide bonds. The van der Waals surface area contributed by atoms with Gasteiger partial charge in [-0.25, -0.2) is 0 Å². The summed E-state index contributed by atoms with van der Waals surface area (Å²) in [5.74, 6) is 0. The highest BCUT2D eigenvalue weighted by atomic mass is 14.3. The Morgan fingerprint density at radius 1 is 1.25 bits per heavy atom. The second-order valence-corrected chi connectivity index (χ2v) is 2.32. The van der Waals surface area contributed by atoms with E-state index in [2.05, 4.69) is 0 Å². The van der Waals surface area contributed by atoms with Crippen LogP contribution in [0.2, 0.25) is 0 Å². The summed E-state index contributed by atoms with van der Waals surface area (Å²) >= 11 is 0. The predicted octanol–water partition coefficient (Wildman–Crippen LogP) is 2.71. The molecular weight excluding hydrogens is 148 g/mol. The molecule has 0 spiro atoms. The molecule has 0 aliphatic heterocycles. The van der Waals surface area contributed by atoms with Crippen LogP contribution in [-0.2, 0) is 0 Å². The van der Waals surface area contributed by atoms with Gasteiger partial charge < -0.3 is 0 Å². The van der Waals surface area contributed by atoms with Crippen molar-refractivity contribution in [2.75, 3.05) is 0 Å². The van der Waals surface area contributed by atoms with E-state index in [0.717, 1.165) is 18.4 Å². The SMILES string of the molecule is CC/C=C(/C=C(C#N)C#N)CC. The second kappa shape index (κ2) is 6.19. The Labute approximate surface area is 73.4 Å². The average molecular weight is 160 g/mol. The lowest BCUT2D eigenvalue weighted by Gasteiger charge is -1.94. The van der Waals surface area contributed by atoms with Gasteiger partial charge in [0.2, 0.25) is 0 Å². The smallest absolute Gasteiger partial charge is 0.129 e. The molecule has 0 saturated carbocycles. The van der Waals surface area contributed by atoms with Crippen LogP contribution in [-0.4, -0.2) is 0 Å². The third-order valence-corrected chi connectivity index (χ3v) is 1.45. The number of hydrogen-bond acceptors (Lipinski definition) is 2. The molecule has 2 heteroatoms. The normalized spacial score (nSPS) is 9.83. The summed E-state index contributed by atoms with van der Waals surface area (Å²) in [7, 11) is 0. The van der Waals surface area contributed by atoms with E-state index in [1.54, 1.807) is 6.08 Å². The van der Waals surface area contributed by atoms with Crippen LogP contribution in [0.5, 0.6) is 0 Å². The first-order valence-electron chi connectivity index (χ1n) is 3.99. The first kappa shape index (κ1) is 10.5. The van der Waals surface area contributed by atoms with E-state index in [-0.39, 0.29) is 5.57 Å². The van der Waals surface area contributed by atoms with Crippen molar-refractivity contribution in [2.45, 2.75) is 26.7 Å². The van der Waals surface area contributed by atoms with Crippen molar-refractivity contribution in [2.24, 2.45) is 0 Å². The Hall–Kier alpha value is -1.54. The number of hydrogen-bond donors (Lipinski definition) is 0. The lowest BCUT2D eigenvalue weighted by Crippen LogP contribution is -1.78. The first-order chi connectivity index (χ1) is 5.78. The van der Waals surface area contributed by atoms with Gasteiger partial charge in [-0.2, -0.15) is 10.5 Å². The van der Waals surface area contributed by atoms with Gasteiger partial charge in [-0.1, -0.05) is 25.5 Å². The van der Waals surface area contributed by atoms with Crippen molar-refractivity contribution in [1.82, 2.24) is 0 Å². The van der Waals surface area contributed by atoms with Crippen molar-refractivity contribution in [3.63, 3.8) is 0 Å². The van der Waals surface area contributed by atoms with Crippen LogP contribution < -0.4 is 0 Å². The monoisotopic (exact) mass is 160 g/mol. The van der Waals surface area contributed by atoms with Crippen LogP contribution >= 0.6 is 0 Å². The van der Waals surface area contributed by atoms with Crippen LogP contribution in [0.1, 0.15) is 26.7 Å². The molecule has 0 aromatic carbocycles. The van der Waals surface area contributed by atoms with E-state index < -0.39 is 0 Å². The summed E-state index contributed by atoms with van der Waals surface area (Å²) in [5, 5.41) is 16.9. The van der Waals surface area contributed by atoms with Gasteiger partial charge >= 0.3 is 0 Å². The Bertz CT molecular complexity index is 255. The first-order valence-corrected chi connectivity index (χ1v) is 3.99. The zero-order valence-corrected chi connectivity index (χ0v) is 7.46. The van der Waals surface area contributed by atoms with Crippen molar-refractivity contribution < 1.29 is 0 Å². The summed E-state index contributed by atoms with van der Waals surface area (Å²) in [5.41, 5.74) is 1.23. The van der Waals surface area contributed by atoms with Crippen molar-refractivity contribution in [3.8, 4) is 12.1 Å². The molecule has 0 unspecified atom stereocenters. The molecule has 0 aliphatic carbocycles. The molecule has 0 N–H and O–H groups in total. The average Bonchev–Trinajstić information content (AvgIpc) is 2.12. The predicted molar refractivity (Wildman–Crippen MR) is 48.0 cm³/mol. The third-order valence-electron chi connectivity index (χ3n) is 1.45. The molecule has 12 heavy (non-hydrogen) atoms. The zero-order valence-electron chi connectivity index (χ0n) is 7.46.